The van der Waals surface area contributed by atoms with Crippen LogP contribution >= 0.6 is 11.6 Å². The Morgan fingerprint density at radius 3 is 2.76 bits per heavy atom. The second kappa shape index (κ2) is 8.26. The van der Waals surface area contributed by atoms with Gasteiger partial charge in [0.25, 0.3) is 0 Å². The number of ether oxygens (including phenoxy) is 1. The van der Waals surface area contributed by atoms with Crippen LogP contribution in [0.1, 0.15) is 59.3 Å². The Labute approximate surface area is 154 Å². The summed E-state index contributed by atoms with van der Waals surface area (Å²) in [7, 11) is 0. The second-order valence-corrected chi connectivity index (χ2v) is 7.64. The topological polar surface area (TPSA) is 68.1 Å². The van der Waals surface area contributed by atoms with Crippen molar-refractivity contribution in [3.63, 3.8) is 0 Å². The second-order valence-electron chi connectivity index (χ2n) is 7.10. The highest BCUT2D eigenvalue weighted by Gasteiger charge is 2.53. The quantitative estimate of drug-likeness (QED) is 0.395. The number of halogens is 1. The molecule has 3 atom stereocenters. The van der Waals surface area contributed by atoms with Gasteiger partial charge in [-0.25, -0.2) is 4.79 Å². The fraction of sp³-hybridized carbons (Fsp3) is 0.684. The van der Waals surface area contributed by atoms with Crippen LogP contribution in [-0.4, -0.2) is 29.0 Å². The lowest BCUT2D eigenvalue weighted by molar-refractivity contribution is -0.164. The van der Waals surface area contributed by atoms with Crippen molar-refractivity contribution >= 4 is 23.3 Å². The first-order valence-corrected chi connectivity index (χ1v) is 9.41. The lowest BCUT2D eigenvalue weighted by Gasteiger charge is -2.40. The first kappa shape index (κ1) is 19.8. The van der Waals surface area contributed by atoms with Crippen LogP contribution in [0.15, 0.2) is 28.1 Å². The molecule has 1 heterocycles. The molecular formula is C19H28ClNO4. The summed E-state index contributed by atoms with van der Waals surface area (Å²) in [5.41, 5.74) is -0.0251. The minimum Gasteiger partial charge on any atom is -0.511 e. The van der Waals surface area contributed by atoms with Crippen molar-refractivity contribution < 1.29 is 19.5 Å². The summed E-state index contributed by atoms with van der Waals surface area (Å²) in [6.07, 6.45) is 4.55. The van der Waals surface area contributed by atoms with Crippen LogP contribution in [0.25, 0.3) is 0 Å². The van der Waals surface area contributed by atoms with Gasteiger partial charge in [-0.1, -0.05) is 50.5 Å². The molecule has 0 radical (unpaired) electrons. The lowest BCUT2D eigenvalue weighted by Crippen LogP contribution is -2.47. The van der Waals surface area contributed by atoms with Crippen LogP contribution in [0, 0.1) is 11.8 Å². The van der Waals surface area contributed by atoms with E-state index in [4.69, 9.17) is 21.2 Å². The summed E-state index contributed by atoms with van der Waals surface area (Å²) in [6.45, 7) is 9.72. The molecule has 0 saturated heterocycles. The number of oxime groups is 1. The van der Waals surface area contributed by atoms with Gasteiger partial charge in [-0.2, -0.15) is 0 Å². The lowest BCUT2D eigenvalue weighted by atomic mass is 9.77. The molecule has 2 aliphatic rings. The molecule has 25 heavy (non-hydrogen) atoms. The van der Waals surface area contributed by atoms with Crippen molar-refractivity contribution in [2.24, 2.45) is 17.0 Å². The SMILES string of the molecule is C=C(Cl)CON=C(CCC)C1=C(O)C(CC)C2(CCC(C)C2)OC1=O. The van der Waals surface area contributed by atoms with Crippen molar-refractivity contribution in [3.05, 3.63) is 22.9 Å². The minimum atomic E-state index is -0.582. The average Bonchev–Trinajstić information content (AvgIpc) is 2.88. The highest BCUT2D eigenvalue weighted by atomic mass is 35.5. The van der Waals surface area contributed by atoms with Crippen LogP contribution in [-0.2, 0) is 14.4 Å². The zero-order chi connectivity index (χ0) is 18.6. The number of nitrogens with zero attached hydrogens (tertiary/aromatic N) is 1. The van der Waals surface area contributed by atoms with Crippen molar-refractivity contribution in [3.8, 4) is 0 Å². The maximum Gasteiger partial charge on any atom is 0.344 e. The van der Waals surface area contributed by atoms with Crippen LogP contribution < -0.4 is 0 Å². The standard InChI is InChI=1S/C19H28ClNO4/c1-5-7-15(21-24-11-13(4)20)16-17(22)14(6-2)19(25-18(16)23)9-8-12(3)10-19/h12,14,22H,4-11H2,1-3H3. The summed E-state index contributed by atoms with van der Waals surface area (Å²) < 4.78 is 5.91. The third-order valence-electron chi connectivity index (χ3n) is 5.06. The third kappa shape index (κ3) is 4.20. The molecule has 1 aliphatic heterocycles. The van der Waals surface area contributed by atoms with Crippen LogP contribution in [0.2, 0.25) is 0 Å². The Kier molecular flexibility index (Phi) is 6.55. The van der Waals surface area contributed by atoms with Gasteiger partial charge in [0, 0.05) is 0 Å². The monoisotopic (exact) mass is 369 g/mol. The van der Waals surface area contributed by atoms with Crippen LogP contribution in [0.3, 0.4) is 0 Å². The largest absolute Gasteiger partial charge is 0.511 e. The van der Waals surface area contributed by atoms with E-state index in [2.05, 4.69) is 18.7 Å². The summed E-state index contributed by atoms with van der Waals surface area (Å²) in [5.74, 6) is -0.126. The molecule has 2 rings (SSSR count). The fourth-order valence-electron chi connectivity index (χ4n) is 3.99. The number of carbonyl (C=O) groups is 1. The summed E-state index contributed by atoms with van der Waals surface area (Å²) in [4.78, 5) is 17.9. The Balaban J connectivity index is 2.38. The molecular weight excluding hydrogens is 342 g/mol. The molecule has 0 aromatic carbocycles. The van der Waals surface area contributed by atoms with E-state index in [9.17, 15) is 9.90 Å². The Bertz CT molecular complexity index is 598. The Hall–Kier alpha value is -1.49. The highest BCUT2D eigenvalue weighted by molar-refractivity contribution is 6.29. The number of esters is 1. The van der Waals surface area contributed by atoms with Crippen LogP contribution in [0.4, 0.5) is 0 Å². The first-order chi connectivity index (χ1) is 11.8. The molecule has 0 aromatic heterocycles. The number of rotatable bonds is 7. The van der Waals surface area contributed by atoms with Crippen molar-refractivity contribution in [2.45, 2.75) is 64.9 Å². The molecule has 1 aliphatic carbocycles. The molecule has 0 bridgehead atoms. The smallest absolute Gasteiger partial charge is 0.344 e. The van der Waals surface area contributed by atoms with E-state index in [1.165, 1.54) is 0 Å². The molecule has 6 heteroatoms. The predicted molar refractivity (Wildman–Crippen MR) is 98.6 cm³/mol. The number of hydrogen-bond donors (Lipinski definition) is 1. The average molecular weight is 370 g/mol. The van der Waals surface area contributed by atoms with Crippen molar-refractivity contribution in [2.75, 3.05) is 6.61 Å². The maximum absolute atomic E-state index is 12.7. The van der Waals surface area contributed by atoms with E-state index in [0.29, 0.717) is 29.5 Å². The number of aliphatic hydroxyl groups is 1. The number of aliphatic hydroxyl groups excluding tert-OH is 1. The summed E-state index contributed by atoms with van der Waals surface area (Å²) in [6, 6.07) is 0. The molecule has 140 valence electrons. The zero-order valence-electron chi connectivity index (χ0n) is 15.3. The van der Waals surface area contributed by atoms with Gasteiger partial charge in [-0.3, -0.25) is 0 Å². The van der Waals surface area contributed by atoms with E-state index in [1.54, 1.807) is 0 Å². The van der Waals surface area contributed by atoms with Gasteiger partial charge in [-0.05, 0) is 38.0 Å². The number of carbonyl (C=O) groups excluding carboxylic acids is 1. The first-order valence-electron chi connectivity index (χ1n) is 9.03. The van der Waals surface area contributed by atoms with Gasteiger partial charge >= 0.3 is 5.97 Å². The maximum atomic E-state index is 12.7. The van der Waals surface area contributed by atoms with Gasteiger partial charge in [-0.15, -0.1) is 0 Å². The van der Waals surface area contributed by atoms with E-state index in [1.807, 2.05) is 13.8 Å². The van der Waals surface area contributed by atoms with Crippen molar-refractivity contribution in [1.82, 2.24) is 0 Å². The van der Waals surface area contributed by atoms with Gasteiger partial charge < -0.3 is 14.7 Å². The zero-order valence-corrected chi connectivity index (χ0v) is 16.1. The minimum absolute atomic E-state index is 0.0521. The van der Waals surface area contributed by atoms with Gasteiger partial charge in [0.2, 0.25) is 0 Å². The number of hydrogen-bond acceptors (Lipinski definition) is 5. The molecule has 1 N–H and O–H groups in total. The highest BCUT2D eigenvalue weighted by Crippen LogP contribution is 2.49. The van der Waals surface area contributed by atoms with E-state index >= 15 is 0 Å². The van der Waals surface area contributed by atoms with Gasteiger partial charge in [0.15, 0.2) is 6.61 Å². The molecule has 3 unspecified atom stereocenters. The van der Waals surface area contributed by atoms with Crippen LogP contribution in [0.5, 0.6) is 0 Å². The molecule has 1 spiro atoms. The van der Waals surface area contributed by atoms with E-state index in [-0.39, 0.29) is 23.9 Å². The van der Waals surface area contributed by atoms with Crippen molar-refractivity contribution in [1.29, 1.82) is 0 Å². The predicted octanol–water partition coefficient (Wildman–Crippen LogP) is 4.87. The Morgan fingerprint density at radius 1 is 1.52 bits per heavy atom. The molecule has 0 aromatic rings. The van der Waals surface area contributed by atoms with E-state index in [0.717, 1.165) is 25.7 Å². The molecule has 1 fully saturated rings. The molecule has 5 nitrogen and oxygen atoms in total. The van der Waals surface area contributed by atoms with E-state index < -0.39 is 11.6 Å². The fourth-order valence-corrected chi connectivity index (χ4v) is 4.04. The third-order valence-corrected chi connectivity index (χ3v) is 5.16. The summed E-state index contributed by atoms with van der Waals surface area (Å²) >= 11 is 5.68. The van der Waals surface area contributed by atoms with Gasteiger partial charge in [0.1, 0.15) is 16.9 Å². The van der Waals surface area contributed by atoms with Gasteiger partial charge in [0.05, 0.1) is 16.7 Å². The Morgan fingerprint density at radius 2 is 2.24 bits per heavy atom. The summed E-state index contributed by atoms with van der Waals surface area (Å²) in [5, 5.41) is 15.3. The normalized spacial score (nSPS) is 29.9. The molecule has 0 amide bonds. The molecule has 1 saturated carbocycles.